The monoisotopic (exact) mass is 332 g/mol. The second-order valence-electron chi connectivity index (χ2n) is 5.27. The quantitative estimate of drug-likeness (QED) is 0.649. The second kappa shape index (κ2) is 7.54. The fourth-order valence-electron chi connectivity index (χ4n) is 2.12. The summed E-state index contributed by atoms with van der Waals surface area (Å²) in [4.78, 5) is 22.6. The molecule has 2 atom stereocenters. The van der Waals surface area contributed by atoms with Crippen molar-refractivity contribution >= 4 is 11.6 Å². The van der Waals surface area contributed by atoms with Gasteiger partial charge in [-0.15, -0.1) is 0 Å². The number of nitrogens with zero attached hydrogens (tertiary/aromatic N) is 1. The van der Waals surface area contributed by atoms with Crippen molar-refractivity contribution in [1.29, 1.82) is 0 Å². The van der Waals surface area contributed by atoms with Gasteiger partial charge in [0.15, 0.2) is 11.9 Å². The van der Waals surface area contributed by atoms with Crippen molar-refractivity contribution in [2.45, 2.75) is 26.0 Å². The molecule has 6 nitrogen and oxygen atoms in total. The third-order valence-corrected chi connectivity index (χ3v) is 3.46. The summed E-state index contributed by atoms with van der Waals surface area (Å²) in [5.41, 5.74) is 0.534. The van der Waals surface area contributed by atoms with E-state index in [0.29, 0.717) is 0 Å². The number of halogens is 1. The van der Waals surface area contributed by atoms with Crippen molar-refractivity contribution in [3.8, 4) is 5.75 Å². The first-order valence-electron chi connectivity index (χ1n) is 7.34. The molecule has 0 spiro atoms. The highest BCUT2D eigenvalue weighted by Gasteiger charge is 2.22. The fourth-order valence-corrected chi connectivity index (χ4v) is 2.12. The summed E-state index contributed by atoms with van der Waals surface area (Å²) in [5.74, 6) is -0.755. The fraction of sp³-hybridized carbons (Fsp3) is 0.235. The first-order chi connectivity index (χ1) is 11.4. The molecule has 24 heavy (non-hydrogen) atoms. The Kier molecular flexibility index (Phi) is 5.47. The van der Waals surface area contributed by atoms with Crippen LogP contribution in [0.5, 0.6) is 5.75 Å². The van der Waals surface area contributed by atoms with Crippen LogP contribution in [0.4, 0.5) is 10.1 Å². The maximum absolute atomic E-state index is 12.9. The highest BCUT2D eigenvalue weighted by Crippen LogP contribution is 2.27. The number of nitrogens with one attached hydrogen (secondary N) is 1. The Bertz CT molecular complexity index is 734. The molecule has 0 saturated heterocycles. The van der Waals surface area contributed by atoms with Crippen molar-refractivity contribution in [1.82, 2.24) is 5.32 Å². The molecule has 1 amide bonds. The van der Waals surface area contributed by atoms with E-state index in [2.05, 4.69) is 5.32 Å². The van der Waals surface area contributed by atoms with Crippen LogP contribution in [0.1, 0.15) is 25.5 Å². The standard InChI is InChI=1S/C17H17FN2O4/c1-11(13-7-9-14(18)10-8-13)19-17(21)12(2)24-16-6-4-3-5-15(16)20(22)23/h3-12H,1-2H3,(H,19,21)/t11-,12+/m1/s1. The Morgan fingerprint density at radius 3 is 2.42 bits per heavy atom. The molecule has 2 aromatic rings. The molecule has 0 fully saturated rings. The molecule has 0 aliphatic carbocycles. The lowest BCUT2D eigenvalue weighted by atomic mass is 10.1. The molecular weight excluding hydrogens is 315 g/mol. The summed E-state index contributed by atoms with van der Waals surface area (Å²) in [6.45, 7) is 3.26. The lowest BCUT2D eigenvalue weighted by Crippen LogP contribution is -2.37. The smallest absolute Gasteiger partial charge is 0.310 e. The van der Waals surface area contributed by atoms with Crippen LogP contribution in [0, 0.1) is 15.9 Å². The first kappa shape index (κ1) is 17.4. The number of benzene rings is 2. The van der Waals surface area contributed by atoms with Gasteiger partial charge in [-0.25, -0.2) is 4.39 Å². The minimum Gasteiger partial charge on any atom is -0.474 e. The topological polar surface area (TPSA) is 81.5 Å². The van der Waals surface area contributed by atoms with Crippen molar-refractivity contribution in [3.63, 3.8) is 0 Å². The third kappa shape index (κ3) is 4.28. The van der Waals surface area contributed by atoms with Gasteiger partial charge in [-0.1, -0.05) is 24.3 Å². The van der Waals surface area contributed by atoms with Gasteiger partial charge < -0.3 is 10.1 Å². The van der Waals surface area contributed by atoms with E-state index < -0.39 is 16.9 Å². The molecule has 0 heterocycles. The molecule has 0 radical (unpaired) electrons. The van der Waals surface area contributed by atoms with Gasteiger partial charge in [-0.05, 0) is 37.6 Å². The molecule has 2 rings (SSSR count). The van der Waals surface area contributed by atoms with Gasteiger partial charge in [-0.3, -0.25) is 14.9 Å². The molecular formula is C17H17FN2O4. The average molecular weight is 332 g/mol. The van der Waals surface area contributed by atoms with Gasteiger partial charge in [0.25, 0.3) is 5.91 Å². The average Bonchev–Trinajstić information content (AvgIpc) is 2.55. The zero-order chi connectivity index (χ0) is 17.7. The van der Waals surface area contributed by atoms with Crippen molar-refractivity contribution in [2.75, 3.05) is 0 Å². The van der Waals surface area contributed by atoms with Gasteiger partial charge >= 0.3 is 5.69 Å². The van der Waals surface area contributed by atoms with E-state index in [4.69, 9.17) is 4.74 Å². The molecule has 126 valence electrons. The lowest BCUT2D eigenvalue weighted by Gasteiger charge is -2.19. The number of para-hydroxylation sites is 2. The maximum atomic E-state index is 12.9. The lowest BCUT2D eigenvalue weighted by molar-refractivity contribution is -0.386. The van der Waals surface area contributed by atoms with E-state index in [1.54, 1.807) is 25.1 Å². The first-order valence-corrected chi connectivity index (χ1v) is 7.34. The highest BCUT2D eigenvalue weighted by molar-refractivity contribution is 5.81. The predicted molar refractivity (Wildman–Crippen MR) is 86.1 cm³/mol. The number of nitro groups is 1. The number of nitro benzene ring substituents is 1. The second-order valence-corrected chi connectivity index (χ2v) is 5.27. The minimum absolute atomic E-state index is 0.0274. The summed E-state index contributed by atoms with van der Waals surface area (Å²) in [6.07, 6.45) is -0.922. The number of amides is 1. The Morgan fingerprint density at radius 2 is 1.79 bits per heavy atom. The molecule has 0 bridgehead atoms. The van der Waals surface area contributed by atoms with E-state index in [0.717, 1.165) is 5.56 Å². The van der Waals surface area contributed by atoms with Crippen LogP contribution in [0.3, 0.4) is 0 Å². The summed E-state index contributed by atoms with van der Waals surface area (Å²) < 4.78 is 18.3. The highest BCUT2D eigenvalue weighted by atomic mass is 19.1. The van der Waals surface area contributed by atoms with Gasteiger partial charge in [0.2, 0.25) is 0 Å². The van der Waals surface area contributed by atoms with E-state index in [9.17, 15) is 19.3 Å². The van der Waals surface area contributed by atoms with Crippen LogP contribution in [-0.2, 0) is 4.79 Å². The normalized spacial score (nSPS) is 13.0. The molecule has 1 N–H and O–H groups in total. The summed E-state index contributed by atoms with van der Waals surface area (Å²) in [6, 6.07) is 11.3. The largest absolute Gasteiger partial charge is 0.474 e. The molecule has 0 aromatic heterocycles. The van der Waals surface area contributed by atoms with Crippen LogP contribution in [0.25, 0.3) is 0 Å². The van der Waals surface area contributed by atoms with Crippen LogP contribution in [0.2, 0.25) is 0 Å². The zero-order valence-electron chi connectivity index (χ0n) is 13.2. The molecule has 0 unspecified atom stereocenters. The SMILES string of the molecule is C[C@H](Oc1ccccc1[N+](=O)[O-])C(=O)N[C@H](C)c1ccc(F)cc1. The van der Waals surface area contributed by atoms with E-state index in [1.807, 2.05) is 0 Å². The van der Waals surface area contributed by atoms with Crippen molar-refractivity contribution < 1.29 is 18.8 Å². The molecule has 0 saturated carbocycles. The zero-order valence-corrected chi connectivity index (χ0v) is 13.2. The van der Waals surface area contributed by atoms with Gasteiger partial charge in [-0.2, -0.15) is 0 Å². The Hall–Kier alpha value is -2.96. The number of rotatable bonds is 6. The summed E-state index contributed by atoms with van der Waals surface area (Å²) in [7, 11) is 0. The predicted octanol–water partition coefficient (Wildman–Crippen LogP) is 3.38. The summed E-state index contributed by atoms with van der Waals surface area (Å²) in [5, 5.41) is 13.7. The van der Waals surface area contributed by atoms with Crippen molar-refractivity contribution in [3.05, 3.63) is 70.0 Å². The van der Waals surface area contributed by atoms with E-state index >= 15 is 0 Å². The number of carbonyl (C=O) groups excluding carboxylic acids is 1. The van der Waals surface area contributed by atoms with Crippen molar-refractivity contribution in [2.24, 2.45) is 0 Å². The van der Waals surface area contributed by atoms with Crippen LogP contribution < -0.4 is 10.1 Å². The Labute approximate surface area is 138 Å². The van der Waals surface area contributed by atoms with Gasteiger partial charge in [0, 0.05) is 6.07 Å². The molecule has 0 aliphatic heterocycles. The van der Waals surface area contributed by atoms with Gasteiger partial charge in [0.1, 0.15) is 5.82 Å². The van der Waals surface area contributed by atoms with Crippen LogP contribution in [-0.4, -0.2) is 16.9 Å². The van der Waals surface area contributed by atoms with Crippen LogP contribution in [0.15, 0.2) is 48.5 Å². The number of ether oxygens (including phenoxy) is 1. The number of hydrogen-bond acceptors (Lipinski definition) is 4. The molecule has 2 aromatic carbocycles. The minimum atomic E-state index is -0.922. The summed E-state index contributed by atoms with van der Waals surface area (Å²) >= 11 is 0. The molecule has 7 heteroatoms. The number of carbonyl (C=O) groups is 1. The van der Waals surface area contributed by atoms with E-state index in [1.165, 1.54) is 37.3 Å². The maximum Gasteiger partial charge on any atom is 0.310 e. The molecule has 0 aliphatic rings. The van der Waals surface area contributed by atoms with Crippen LogP contribution >= 0.6 is 0 Å². The third-order valence-electron chi connectivity index (χ3n) is 3.46. The van der Waals surface area contributed by atoms with Gasteiger partial charge in [0.05, 0.1) is 11.0 Å². The Balaban J connectivity index is 2.02. The van der Waals surface area contributed by atoms with E-state index in [-0.39, 0.29) is 23.3 Å². The number of hydrogen-bond donors (Lipinski definition) is 1. The Morgan fingerprint density at radius 1 is 1.17 bits per heavy atom.